The van der Waals surface area contributed by atoms with Gasteiger partial charge in [-0.2, -0.15) is 5.10 Å². The Hall–Kier alpha value is -1.44. The third-order valence-electron chi connectivity index (χ3n) is 4.54. The van der Waals surface area contributed by atoms with Crippen molar-refractivity contribution >= 4 is 5.91 Å². The molecule has 1 fully saturated rings. The Labute approximate surface area is 144 Å². The molecule has 0 radical (unpaired) electrons. The van der Waals surface area contributed by atoms with Crippen LogP contribution >= 0.6 is 0 Å². The van der Waals surface area contributed by atoms with Gasteiger partial charge in [-0.05, 0) is 27.7 Å². The lowest BCUT2D eigenvalue weighted by Gasteiger charge is -2.35. The van der Waals surface area contributed by atoms with Crippen LogP contribution in [0.1, 0.15) is 35.6 Å². The van der Waals surface area contributed by atoms with E-state index in [0.717, 1.165) is 36.6 Å². The molecule has 1 saturated heterocycles. The molecule has 136 valence electrons. The Morgan fingerprint density at radius 2 is 1.92 bits per heavy atom. The maximum absolute atomic E-state index is 12.8. The highest BCUT2D eigenvalue weighted by Gasteiger charge is 2.27. The Balaban J connectivity index is 1.90. The average Bonchev–Trinajstić information content (AvgIpc) is 2.87. The van der Waals surface area contributed by atoms with Gasteiger partial charge in [-0.3, -0.25) is 14.4 Å². The Kier molecular flexibility index (Phi) is 6.77. The summed E-state index contributed by atoms with van der Waals surface area (Å²) in [4.78, 5) is 16.9. The second-order valence-electron chi connectivity index (χ2n) is 6.27. The molecule has 7 heteroatoms. The minimum absolute atomic E-state index is 0.0687. The van der Waals surface area contributed by atoms with E-state index in [1.165, 1.54) is 0 Å². The molecule has 0 unspecified atom stereocenters. The maximum Gasteiger partial charge on any atom is 0.257 e. The Morgan fingerprint density at radius 3 is 2.46 bits per heavy atom. The maximum atomic E-state index is 12.8. The van der Waals surface area contributed by atoms with Gasteiger partial charge >= 0.3 is 0 Å². The van der Waals surface area contributed by atoms with Gasteiger partial charge < -0.3 is 14.7 Å². The summed E-state index contributed by atoms with van der Waals surface area (Å²) in [5, 5.41) is 14.4. The van der Waals surface area contributed by atoms with Crippen molar-refractivity contribution in [2.75, 3.05) is 45.9 Å². The standard InChI is InChI=1S/C17H30N4O3/c1-5-21-14(4)16(13(3)18-21)17(23)20-9-7-19(8-10-20)11-15(22)12-24-6-2/h15,22H,5-12H2,1-4H3/t15-/m1/s1. The van der Waals surface area contributed by atoms with E-state index >= 15 is 0 Å². The number of ether oxygens (including phenoxy) is 1. The van der Waals surface area contributed by atoms with Crippen LogP contribution in [0.25, 0.3) is 0 Å². The van der Waals surface area contributed by atoms with Crippen LogP contribution in [-0.4, -0.2) is 82.6 Å². The molecule has 1 aliphatic heterocycles. The van der Waals surface area contributed by atoms with E-state index in [9.17, 15) is 9.90 Å². The quantitative estimate of drug-likeness (QED) is 0.791. The number of carbonyl (C=O) groups is 1. The molecule has 24 heavy (non-hydrogen) atoms. The first-order valence-electron chi connectivity index (χ1n) is 8.79. The molecule has 1 aromatic rings. The fraction of sp³-hybridized carbons (Fsp3) is 0.765. The SMILES string of the molecule is CCOC[C@H](O)CN1CCN(C(=O)c2c(C)nn(CC)c2C)CC1. The minimum atomic E-state index is -0.473. The van der Waals surface area contributed by atoms with Crippen LogP contribution in [0.4, 0.5) is 0 Å². The van der Waals surface area contributed by atoms with Crippen LogP contribution in [-0.2, 0) is 11.3 Å². The predicted molar refractivity (Wildman–Crippen MR) is 92.2 cm³/mol. The van der Waals surface area contributed by atoms with Crippen LogP contribution in [0, 0.1) is 13.8 Å². The Bertz CT molecular complexity index is 550. The highest BCUT2D eigenvalue weighted by molar-refractivity contribution is 5.96. The van der Waals surface area contributed by atoms with Gasteiger partial charge in [0.1, 0.15) is 0 Å². The second-order valence-corrected chi connectivity index (χ2v) is 6.27. The molecule has 2 heterocycles. The number of hydrogen-bond acceptors (Lipinski definition) is 5. The summed E-state index contributed by atoms with van der Waals surface area (Å²) < 4.78 is 7.12. The number of aliphatic hydroxyl groups excluding tert-OH is 1. The minimum Gasteiger partial charge on any atom is -0.389 e. The molecule has 1 aliphatic rings. The molecular formula is C17H30N4O3. The summed E-state index contributed by atoms with van der Waals surface area (Å²) in [5.74, 6) is 0.0687. The molecule has 7 nitrogen and oxygen atoms in total. The van der Waals surface area contributed by atoms with E-state index in [0.29, 0.717) is 32.8 Å². The molecule has 0 saturated carbocycles. The summed E-state index contributed by atoms with van der Waals surface area (Å²) in [7, 11) is 0. The number of carbonyl (C=O) groups excluding carboxylic acids is 1. The molecule has 2 rings (SSSR count). The molecule has 1 N–H and O–H groups in total. The number of piperazine rings is 1. The van der Waals surface area contributed by atoms with E-state index < -0.39 is 6.10 Å². The summed E-state index contributed by atoms with van der Waals surface area (Å²) in [6.45, 7) is 13.0. The van der Waals surface area contributed by atoms with Crippen LogP contribution in [0.3, 0.4) is 0 Å². The highest BCUT2D eigenvalue weighted by Crippen LogP contribution is 2.17. The predicted octanol–water partition coefficient (Wildman–Crippen LogP) is 0.675. The number of aliphatic hydroxyl groups is 1. The van der Waals surface area contributed by atoms with Gasteiger partial charge in [0, 0.05) is 51.6 Å². The van der Waals surface area contributed by atoms with Crippen molar-refractivity contribution in [3.05, 3.63) is 17.0 Å². The van der Waals surface area contributed by atoms with Crippen LogP contribution < -0.4 is 0 Å². The van der Waals surface area contributed by atoms with Gasteiger partial charge in [-0.15, -0.1) is 0 Å². The molecule has 0 aromatic carbocycles. The lowest BCUT2D eigenvalue weighted by atomic mass is 10.1. The van der Waals surface area contributed by atoms with Crippen molar-refractivity contribution in [3.8, 4) is 0 Å². The number of hydrogen-bond donors (Lipinski definition) is 1. The largest absolute Gasteiger partial charge is 0.389 e. The van der Waals surface area contributed by atoms with Crippen molar-refractivity contribution in [3.63, 3.8) is 0 Å². The van der Waals surface area contributed by atoms with Crippen molar-refractivity contribution in [2.24, 2.45) is 0 Å². The monoisotopic (exact) mass is 338 g/mol. The first kappa shape index (κ1) is 18.9. The van der Waals surface area contributed by atoms with Crippen LogP contribution in [0.5, 0.6) is 0 Å². The fourth-order valence-electron chi connectivity index (χ4n) is 3.21. The molecule has 1 amide bonds. The number of nitrogens with zero attached hydrogens (tertiary/aromatic N) is 4. The second kappa shape index (κ2) is 8.60. The van der Waals surface area contributed by atoms with Crippen molar-refractivity contribution in [1.29, 1.82) is 0 Å². The highest BCUT2D eigenvalue weighted by atomic mass is 16.5. The van der Waals surface area contributed by atoms with E-state index in [4.69, 9.17) is 4.74 Å². The zero-order chi connectivity index (χ0) is 17.7. The van der Waals surface area contributed by atoms with Gasteiger partial charge in [0.05, 0.1) is 24.0 Å². The molecular weight excluding hydrogens is 308 g/mol. The number of rotatable bonds is 7. The van der Waals surface area contributed by atoms with Crippen LogP contribution in [0.15, 0.2) is 0 Å². The van der Waals surface area contributed by atoms with Crippen molar-refractivity contribution in [2.45, 2.75) is 40.3 Å². The van der Waals surface area contributed by atoms with E-state index in [1.54, 1.807) is 0 Å². The van der Waals surface area contributed by atoms with Gasteiger partial charge in [-0.25, -0.2) is 0 Å². The summed E-state index contributed by atoms with van der Waals surface area (Å²) in [5.41, 5.74) is 2.48. The Morgan fingerprint density at radius 1 is 1.25 bits per heavy atom. The number of aromatic nitrogens is 2. The molecule has 1 aromatic heterocycles. The summed E-state index contributed by atoms with van der Waals surface area (Å²) >= 11 is 0. The van der Waals surface area contributed by atoms with Gasteiger partial charge in [0.25, 0.3) is 5.91 Å². The molecule has 1 atom stereocenters. The average molecular weight is 338 g/mol. The lowest BCUT2D eigenvalue weighted by molar-refractivity contribution is 0.0111. The zero-order valence-electron chi connectivity index (χ0n) is 15.3. The molecule has 0 spiro atoms. The smallest absolute Gasteiger partial charge is 0.257 e. The van der Waals surface area contributed by atoms with Gasteiger partial charge in [0.15, 0.2) is 0 Å². The number of β-amino-alcohol motifs (C(OH)–C–C–N with tert-alkyl or cyclic N) is 1. The first-order chi connectivity index (χ1) is 11.5. The number of aryl methyl sites for hydroxylation is 2. The first-order valence-corrected chi connectivity index (χ1v) is 8.79. The number of amides is 1. The van der Waals surface area contributed by atoms with Crippen molar-refractivity contribution in [1.82, 2.24) is 19.6 Å². The lowest BCUT2D eigenvalue weighted by Crippen LogP contribution is -2.51. The van der Waals surface area contributed by atoms with E-state index in [1.807, 2.05) is 37.3 Å². The molecule has 0 bridgehead atoms. The van der Waals surface area contributed by atoms with Crippen LogP contribution in [0.2, 0.25) is 0 Å². The third-order valence-corrected chi connectivity index (χ3v) is 4.54. The van der Waals surface area contributed by atoms with E-state index in [2.05, 4.69) is 10.00 Å². The normalized spacial score (nSPS) is 17.3. The van der Waals surface area contributed by atoms with Gasteiger partial charge in [-0.1, -0.05) is 0 Å². The van der Waals surface area contributed by atoms with E-state index in [-0.39, 0.29) is 5.91 Å². The van der Waals surface area contributed by atoms with Gasteiger partial charge in [0.2, 0.25) is 0 Å². The summed E-state index contributed by atoms with van der Waals surface area (Å²) in [6, 6.07) is 0. The van der Waals surface area contributed by atoms with Crippen molar-refractivity contribution < 1.29 is 14.6 Å². The zero-order valence-corrected chi connectivity index (χ0v) is 15.3. The third kappa shape index (κ3) is 4.34. The molecule has 0 aliphatic carbocycles. The summed E-state index contributed by atoms with van der Waals surface area (Å²) in [6.07, 6.45) is -0.473. The topological polar surface area (TPSA) is 70.8 Å². The fourth-order valence-corrected chi connectivity index (χ4v) is 3.21.